The molecule has 0 unspecified atom stereocenters. The van der Waals surface area contributed by atoms with Gasteiger partial charge in [0.2, 0.25) is 5.56 Å². The Hall–Kier alpha value is -2.40. The molecule has 0 atom stereocenters. The molecule has 4 rings (SSSR count). The molecule has 2 heterocycles. The Morgan fingerprint density at radius 1 is 1.29 bits per heavy atom. The van der Waals surface area contributed by atoms with E-state index in [1.807, 2.05) is 12.1 Å². The zero-order chi connectivity index (χ0) is 14.4. The molecule has 1 aliphatic rings. The van der Waals surface area contributed by atoms with Crippen molar-refractivity contribution in [1.82, 2.24) is 14.5 Å². The average Bonchev–Trinajstić information content (AvgIpc) is 3.27. The summed E-state index contributed by atoms with van der Waals surface area (Å²) in [5.74, 6) is 0.915. The van der Waals surface area contributed by atoms with Crippen LogP contribution < -0.4 is 11.3 Å². The highest BCUT2D eigenvalue weighted by molar-refractivity contribution is 5.81. The van der Waals surface area contributed by atoms with Gasteiger partial charge in [-0.1, -0.05) is 6.07 Å². The van der Waals surface area contributed by atoms with E-state index in [0.717, 1.165) is 28.0 Å². The van der Waals surface area contributed by atoms with Gasteiger partial charge < -0.3 is 15.3 Å². The summed E-state index contributed by atoms with van der Waals surface area (Å²) in [4.78, 5) is 18.7. The predicted molar refractivity (Wildman–Crippen MR) is 82.0 cm³/mol. The Morgan fingerprint density at radius 2 is 2.14 bits per heavy atom. The number of nitrogens with two attached hydrogens (primary N) is 1. The number of H-pyrrole nitrogens is 1. The number of aromatic nitrogens is 3. The highest BCUT2D eigenvalue weighted by atomic mass is 16.1. The van der Waals surface area contributed by atoms with Crippen molar-refractivity contribution in [1.29, 1.82) is 0 Å². The number of hydrogen-bond acceptors (Lipinski definition) is 3. The zero-order valence-corrected chi connectivity index (χ0v) is 11.5. The van der Waals surface area contributed by atoms with E-state index in [0.29, 0.717) is 12.6 Å². The van der Waals surface area contributed by atoms with Gasteiger partial charge in [0.1, 0.15) is 5.82 Å². The van der Waals surface area contributed by atoms with Crippen LogP contribution in [0.4, 0.5) is 0 Å². The molecule has 3 N–H and O–H groups in total. The first-order valence-electron chi connectivity index (χ1n) is 7.16. The van der Waals surface area contributed by atoms with Crippen molar-refractivity contribution >= 4 is 11.0 Å². The fourth-order valence-electron chi connectivity index (χ4n) is 2.73. The molecule has 0 aliphatic heterocycles. The van der Waals surface area contributed by atoms with Crippen LogP contribution in [0.2, 0.25) is 0 Å². The van der Waals surface area contributed by atoms with Crippen LogP contribution in [-0.2, 0) is 6.54 Å². The van der Waals surface area contributed by atoms with Crippen LogP contribution in [0.5, 0.6) is 0 Å². The number of nitrogens with zero attached hydrogens (tertiary/aromatic N) is 2. The summed E-state index contributed by atoms with van der Waals surface area (Å²) in [6.45, 7) is 0.514. The molecule has 1 aliphatic carbocycles. The molecule has 0 bridgehead atoms. The van der Waals surface area contributed by atoms with Crippen molar-refractivity contribution < 1.29 is 0 Å². The van der Waals surface area contributed by atoms with Gasteiger partial charge in [0.05, 0.1) is 11.0 Å². The summed E-state index contributed by atoms with van der Waals surface area (Å²) in [5, 5.41) is 0. The second-order valence-electron chi connectivity index (χ2n) is 5.51. The molecule has 0 saturated heterocycles. The number of pyridine rings is 1. The van der Waals surface area contributed by atoms with Gasteiger partial charge in [-0.3, -0.25) is 4.79 Å². The van der Waals surface area contributed by atoms with Crippen molar-refractivity contribution in [2.75, 3.05) is 0 Å². The smallest absolute Gasteiger partial charge is 0.247 e. The molecule has 21 heavy (non-hydrogen) atoms. The summed E-state index contributed by atoms with van der Waals surface area (Å²) >= 11 is 0. The Balaban J connectivity index is 1.96. The number of hydrogen-bond donors (Lipinski definition) is 2. The van der Waals surface area contributed by atoms with E-state index in [1.165, 1.54) is 18.9 Å². The number of benzene rings is 1. The molecule has 1 fully saturated rings. The zero-order valence-electron chi connectivity index (χ0n) is 11.5. The maximum atomic E-state index is 11.2. The Morgan fingerprint density at radius 3 is 2.81 bits per heavy atom. The van der Waals surface area contributed by atoms with Gasteiger partial charge >= 0.3 is 0 Å². The van der Waals surface area contributed by atoms with Gasteiger partial charge in [-0.25, -0.2) is 4.98 Å². The SMILES string of the molecule is NCc1ccc2c(c1)nc(-c1ccc(=O)[nH]c1)n2C1CC1. The van der Waals surface area contributed by atoms with E-state index in [-0.39, 0.29) is 5.56 Å². The van der Waals surface area contributed by atoms with E-state index in [1.54, 1.807) is 6.20 Å². The van der Waals surface area contributed by atoms with E-state index in [9.17, 15) is 4.79 Å². The Bertz CT molecular complexity index is 853. The predicted octanol–water partition coefficient (Wildman–Crippen LogP) is 2.19. The lowest BCUT2D eigenvalue weighted by atomic mass is 10.2. The van der Waals surface area contributed by atoms with E-state index < -0.39 is 0 Å². The van der Waals surface area contributed by atoms with Crippen molar-refractivity contribution in [3.05, 3.63) is 52.4 Å². The molecular formula is C16H16N4O. The monoisotopic (exact) mass is 280 g/mol. The molecular weight excluding hydrogens is 264 g/mol. The largest absolute Gasteiger partial charge is 0.328 e. The summed E-state index contributed by atoms with van der Waals surface area (Å²) in [7, 11) is 0. The van der Waals surface area contributed by atoms with Crippen molar-refractivity contribution in [2.24, 2.45) is 5.73 Å². The molecule has 0 amide bonds. The topological polar surface area (TPSA) is 76.7 Å². The molecule has 3 aromatic rings. The van der Waals surface area contributed by atoms with Gasteiger partial charge in [0.15, 0.2) is 0 Å². The van der Waals surface area contributed by atoms with E-state index in [2.05, 4.69) is 21.7 Å². The first kappa shape index (κ1) is 12.3. The van der Waals surface area contributed by atoms with Crippen molar-refractivity contribution in [3.8, 4) is 11.4 Å². The number of imidazole rings is 1. The number of rotatable bonds is 3. The Labute approximate surface area is 121 Å². The number of nitrogens with one attached hydrogen (secondary N) is 1. The van der Waals surface area contributed by atoms with Crippen molar-refractivity contribution in [3.63, 3.8) is 0 Å². The molecule has 0 spiro atoms. The minimum absolute atomic E-state index is 0.0988. The summed E-state index contributed by atoms with van der Waals surface area (Å²) < 4.78 is 2.28. The van der Waals surface area contributed by atoms with Crippen LogP contribution in [0.25, 0.3) is 22.4 Å². The maximum absolute atomic E-state index is 11.2. The van der Waals surface area contributed by atoms with Crippen LogP contribution in [-0.4, -0.2) is 14.5 Å². The summed E-state index contributed by atoms with van der Waals surface area (Å²) in [6, 6.07) is 10.1. The third-order valence-electron chi connectivity index (χ3n) is 3.94. The molecule has 2 aromatic heterocycles. The molecule has 5 heteroatoms. The summed E-state index contributed by atoms with van der Waals surface area (Å²) in [5.41, 5.74) is 9.73. The fourth-order valence-corrected chi connectivity index (χ4v) is 2.73. The fraction of sp³-hybridized carbons (Fsp3) is 0.250. The van der Waals surface area contributed by atoms with Gasteiger partial charge in [0, 0.05) is 30.4 Å². The molecule has 1 saturated carbocycles. The third kappa shape index (κ3) is 2.06. The second-order valence-corrected chi connectivity index (χ2v) is 5.51. The highest BCUT2D eigenvalue weighted by Gasteiger charge is 2.28. The number of aromatic amines is 1. The standard InChI is InChI=1S/C16H16N4O/c17-8-10-1-5-14-13(7-10)19-16(20(14)12-3-4-12)11-2-6-15(21)18-9-11/h1-2,5-7,9,12H,3-4,8,17H2,(H,18,21). The molecule has 106 valence electrons. The quantitative estimate of drug-likeness (QED) is 0.772. The minimum atomic E-state index is -0.0988. The van der Waals surface area contributed by atoms with E-state index in [4.69, 9.17) is 10.7 Å². The minimum Gasteiger partial charge on any atom is -0.328 e. The van der Waals surface area contributed by atoms with Gasteiger partial charge in [-0.15, -0.1) is 0 Å². The average molecular weight is 280 g/mol. The lowest BCUT2D eigenvalue weighted by Crippen LogP contribution is -2.04. The van der Waals surface area contributed by atoms with E-state index >= 15 is 0 Å². The van der Waals surface area contributed by atoms with Crippen LogP contribution in [0, 0.1) is 0 Å². The van der Waals surface area contributed by atoms with Gasteiger partial charge in [0.25, 0.3) is 0 Å². The van der Waals surface area contributed by atoms with Crippen LogP contribution in [0.3, 0.4) is 0 Å². The van der Waals surface area contributed by atoms with Crippen LogP contribution in [0.1, 0.15) is 24.4 Å². The number of fused-ring (bicyclic) bond motifs is 1. The van der Waals surface area contributed by atoms with Crippen LogP contribution >= 0.6 is 0 Å². The lowest BCUT2D eigenvalue weighted by molar-refractivity contribution is 0.774. The highest BCUT2D eigenvalue weighted by Crippen LogP contribution is 2.41. The molecule has 1 aromatic carbocycles. The first-order chi connectivity index (χ1) is 10.3. The Kier molecular flexibility index (Phi) is 2.68. The molecule has 5 nitrogen and oxygen atoms in total. The van der Waals surface area contributed by atoms with Crippen LogP contribution in [0.15, 0.2) is 41.3 Å². The van der Waals surface area contributed by atoms with Gasteiger partial charge in [-0.2, -0.15) is 0 Å². The molecule has 0 radical (unpaired) electrons. The summed E-state index contributed by atoms with van der Waals surface area (Å²) in [6.07, 6.45) is 4.09. The lowest BCUT2D eigenvalue weighted by Gasteiger charge is -2.07. The third-order valence-corrected chi connectivity index (χ3v) is 3.94. The first-order valence-corrected chi connectivity index (χ1v) is 7.16. The van der Waals surface area contributed by atoms with Gasteiger partial charge in [-0.05, 0) is 36.6 Å². The van der Waals surface area contributed by atoms with Crippen molar-refractivity contribution in [2.45, 2.75) is 25.4 Å². The maximum Gasteiger partial charge on any atom is 0.247 e. The second kappa shape index (κ2) is 4.56. The normalized spacial score (nSPS) is 14.7.